The maximum atomic E-state index is 13.1. The normalized spacial score (nSPS) is 11.9. The summed E-state index contributed by atoms with van der Waals surface area (Å²) in [5.74, 6) is -1.10. The topological polar surface area (TPSA) is 137 Å². The summed E-state index contributed by atoms with van der Waals surface area (Å²) in [6.07, 6.45) is 1.35. The van der Waals surface area contributed by atoms with Gasteiger partial charge in [0.25, 0.3) is 17.4 Å². The van der Waals surface area contributed by atoms with Crippen LogP contribution in [0.15, 0.2) is 88.8 Å². The van der Waals surface area contributed by atoms with Crippen molar-refractivity contribution in [3.05, 3.63) is 106 Å². The third kappa shape index (κ3) is 4.93. The van der Waals surface area contributed by atoms with Crippen molar-refractivity contribution in [2.75, 3.05) is 0 Å². The SMILES string of the molecule is O=C(N[C@@H](C(=O)N/N=C/c1cccc(O)c1)c1n[nH]c(=O)c2ccccc12)c1ccccc1. The molecular weight excluding hydrogens is 422 g/mol. The molecule has 4 aromatic rings. The van der Waals surface area contributed by atoms with E-state index < -0.39 is 23.4 Å². The standard InChI is InChI=1S/C24H19N5O4/c30-17-10-6-7-15(13-17)14-25-28-24(33)21(26-22(31)16-8-2-1-3-9-16)20-18-11-4-5-12-19(18)23(32)29-27-20/h1-14,21,30H,(H,26,31)(H,28,33)(H,29,32)/b25-14+/t21-/m1/s1. The van der Waals surface area contributed by atoms with E-state index in [0.29, 0.717) is 21.9 Å². The molecule has 0 radical (unpaired) electrons. The predicted molar refractivity (Wildman–Crippen MR) is 123 cm³/mol. The first-order valence-corrected chi connectivity index (χ1v) is 9.98. The van der Waals surface area contributed by atoms with Gasteiger partial charge in [-0.15, -0.1) is 0 Å². The number of aromatic hydroxyl groups is 1. The van der Waals surface area contributed by atoms with Crippen molar-refractivity contribution < 1.29 is 14.7 Å². The van der Waals surface area contributed by atoms with Crippen molar-refractivity contribution in [3.63, 3.8) is 0 Å². The van der Waals surface area contributed by atoms with Gasteiger partial charge in [0.2, 0.25) is 0 Å². The monoisotopic (exact) mass is 441 g/mol. The number of hydrogen-bond donors (Lipinski definition) is 4. The Morgan fingerprint density at radius 1 is 0.970 bits per heavy atom. The number of benzene rings is 3. The molecule has 0 aliphatic heterocycles. The molecule has 1 atom stereocenters. The summed E-state index contributed by atoms with van der Waals surface area (Å²) < 4.78 is 0. The number of hydrogen-bond acceptors (Lipinski definition) is 6. The molecule has 9 nitrogen and oxygen atoms in total. The highest BCUT2D eigenvalue weighted by Gasteiger charge is 2.27. The van der Waals surface area contributed by atoms with E-state index in [1.54, 1.807) is 66.7 Å². The van der Waals surface area contributed by atoms with Gasteiger partial charge in [0, 0.05) is 10.9 Å². The Morgan fingerprint density at radius 2 is 1.70 bits per heavy atom. The van der Waals surface area contributed by atoms with Gasteiger partial charge in [0.15, 0.2) is 6.04 Å². The largest absolute Gasteiger partial charge is 0.508 e. The van der Waals surface area contributed by atoms with Crippen LogP contribution in [0.1, 0.15) is 27.7 Å². The minimum Gasteiger partial charge on any atom is -0.508 e. The summed E-state index contributed by atoms with van der Waals surface area (Å²) in [5, 5.41) is 23.3. The molecule has 0 aliphatic carbocycles. The van der Waals surface area contributed by atoms with Crippen LogP contribution in [-0.4, -0.2) is 33.3 Å². The highest BCUT2D eigenvalue weighted by atomic mass is 16.3. The van der Waals surface area contributed by atoms with Gasteiger partial charge >= 0.3 is 0 Å². The average Bonchev–Trinajstić information content (AvgIpc) is 2.84. The van der Waals surface area contributed by atoms with Crippen LogP contribution in [-0.2, 0) is 4.79 Å². The highest BCUT2D eigenvalue weighted by molar-refractivity contribution is 5.99. The molecule has 0 aliphatic rings. The zero-order chi connectivity index (χ0) is 23.2. The molecule has 0 spiro atoms. The lowest BCUT2D eigenvalue weighted by molar-refractivity contribution is -0.123. The van der Waals surface area contributed by atoms with Gasteiger partial charge in [0.1, 0.15) is 11.4 Å². The van der Waals surface area contributed by atoms with E-state index >= 15 is 0 Å². The molecule has 0 fully saturated rings. The third-order valence-corrected chi connectivity index (χ3v) is 4.83. The van der Waals surface area contributed by atoms with Gasteiger partial charge in [-0.2, -0.15) is 10.2 Å². The molecule has 164 valence electrons. The number of carbonyl (C=O) groups is 2. The van der Waals surface area contributed by atoms with Gasteiger partial charge in [0.05, 0.1) is 11.6 Å². The van der Waals surface area contributed by atoms with Crippen molar-refractivity contribution in [2.45, 2.75) is 6.04 Å². The van der Waals surface area contributed by atoms with E-state index in [9.17, 15) is 19.5 Å². The predicted octanol–water partition coefficient (Wildman–Crippen LogP) is 2.25. The molecule has 0 saturated heterocycles. The smallest absolute Gasteiger partial charge is 0.272 e. The van der Waals surface area contributed by atoms with Crippen molar-refractivity contribution in [3.8, 4) is 5.75 Å². The number of aromatic nitrogens is 2. The fourth-order valence-corrected chi connectivity index (χ4v) is 3.26. The average molecular weight is 441 g/mol. The second-order valence-corrected chi connectivity index (χ2v) is 7.09. The molecule has 9 heteroatoms. The number of rotatable bonds is 6. The second kappa shape index (κ2) is 9.56. The van der Waals surface area contributed by atoms with Gasteiger partial charge in [-0.1, -0.05) is 48.5 Å². The van der Waals surface area contributed by atoms with Crippen molar-refractivity contribution in [1.82, 2.24) is 20.9 Å². The summed E-state index contributed by atoms with van der Waals surface area (Å²) in [5.41, 5.74) is 3.06. The van der Waals surface area contributed by atoms with Crippen LogP contribution < -0.4 is 16.3 Å². The number of phenolic OH excluding ortho intramolecular Hbond substituents is 1. The van der Waals surface area contributed by atoms with Crippen LogP contribution in [0.5, 0.6) is 5.75 Å². The molecule has 1 heterocycles. The van der Waals surface area contributed by atoms with Crippen LogP contribution in [0.2, 0.25) is 0 Å². The molecule has 0 saturated carbocycles. The fourth-order valence-electron chi connectivity index (χ4n) is 3.26. The van der Waals surface area contributed by atoms with Crippen molar-refractivity contribution >= 4 is 28.8 Å². The quantitative estimate of drug-likeness (QED) is 0.269. The molecule has 1 aromatic heterocycles. The van der Waals surface area contributed by atoms with Crippen LogP contribution in [0, 0.1) is 0 Å². The summed E-state index contributed by atoms with van der Waals surface area (Å²) >= 11 is 0. The molecule has 4 rings (SSSR count). The summed E-state index contributed by atoms with van der Waals surface area (Å²) in [6.45, 7) is 0. The number of hydrazone groups is 1. The number of aromatic amines is 1. The maximum Gasteiger partial charge on any atom is 0.272 e. The highest BCUT2D eigenvalue weighted by Crippen LogP contribution is 2.20. The zero-order valence-corrected chi connectivity index (χ0v) is 17.2. The third-order valence-electron chi connectivity index (χ3n) is 4.83. The van der Waals surface area contributed by atoms with E-state index in [1.807, 2.05) is 0 Å². The van der Waals surface area contributed by atoms with Crippen LogP contribution in [0.3, 0.4) is 0 Å². The molecule has 3 aromatic carbocycles. The van der Waals surface area contributed by atoms with E-state index in [1.165, 1.54) is 18.3 Å². The molecule has 2 amide bonds. The minimum absolute atomic E-state index is 0.0576. The van der Waals surface area contributed by atoms with Crippen molar-refractivity contribution in [2.24, 2.45) is 5.10 Å². The zero-order valence-electron chi connectivity index (χ0n) is 17.2. The Labute approximate surface area is 187 Å². The fraction of sp³-hybridized carbons (Fsp3) is 0.0417. The lowest BCUT2D eigenvalue weighted by atomic mass is 10.0. The Morgan fingerprint density at radius 3 is 2.45 bits per heavy atom. The number of nitrogens with one attached hydrogen (secondary N) is 3. The summed E-state index contributed by atoms with van der Waals surface area (Å²) in [4.78, 5) is 38.1. The van der Waals surface area contributed by atoms with E-state index in [-0.39, 0.29) is 11.4 Å². The van der Waals surface area contributed by atoms with Gasteiger partial charge in [-0.05, 0) is 35.9 Å². The first-order valence-electron chi connectivity index (χ1n) is 9.98. The van der Waals surface area contributed by atoms with Crippen LogP contribution >= 0.6 is 0 Å². The molecule has 0 unspecified atom stereocenters. The Balaban J connectivity index is 1.67. The Bertz CT molecular complexity index is 1400. The molecule has 0 bridgehead atoms. The van der Waals surface area contributed by atoms with Gasteiger partial charge in [-0.3, -0.25) is 14.4 Å². The van der Waals surface area contributed by atoms with Gasteiger partial charge < -0.3 is 10.4 Å². The van der Waals surface area contributed by atoms with E-state index in [2.05, 4.69) is 26.0 Å². The van der Waals surface area contributed by atoms with Crippen molar-refractivity contribution in [1.29, 1.82) is 0 Å². The number of amides is 2. The lowest BCUT2D eigenvalue weighted by Crippen LogP contribution is -2.40. The maximum absolute atomic E-state index is 13.1. The lowest BCUT2D eigenvalue weighted by Gasteiger charge is -2.18. The number of fused-ring (bicyclic) bond motifs is 1. The summed E-state index contributed by atoms with van der Waals surface area (Å²) in [7, 11) is 0. The van der Waals surface area contributed by atoms with E-state index in [4.69, 9.17) is 0 Å². The number of nitrogens with zero attached hydrogens (tertiary/aromatic N) is 2. The summed E-state index contributed by atoms with van der Waals surface area (Å²) in [6, 6.07) is 20.1. The van der Waals surface area contributed by atoms with E-state index in [0.717, 1.165) is 0 Å². The minimum atomic E-state index is -1.25. The Kier molecular flexibility index (Phi) is 6.21. The number of phenols is 1. The number of H-pyrrole nitrogens is 1. The molecule has 33 heavy (non-hydrogen) atoms. The molecule has 4 N–H and O–H groups in total. The first kappa shape index (κ1) is 21.4. The second-order valence-electron chi connectivity index (χ2n) is 7.09. The Hall–Kier alpha value is -4.79. The van der Waals surface area contributed by atoms with Crippen LogP contribution in [0.25, 0.3) is 10.8 Å². The number of carbonyl (C=O) groups excluding carboxylic acids is 2. The molecular formula is C24H19N5O4. The van der Waals surface area contributed by atoms with Gasteiger partial charge in [-0.25, -0.2) is 10.5 Å². The van der Waals surface area contributed by atoms with Crippen LogP contribution in [0.4, 0.5) is 0 Å². The first-order chi connectivity index (χ1) is 16.0.